The Labute approximate surface area is 243 Å². The van der Waals surface area contributed by atoms with E-state index in [0.29, 0.717) is 26.2 Å². The minimum atomic E-state index is 0.276. The highest BCUT2D eigenvalue weighted by Crippen LogP contribution is 2.33. The second kappa shape index (κ2) is 12.0. The Morgan fingerprint density at radius 1 is 0.683 bits per heavy atom. The van der Waals surface area contributed by atoms with E-state index < -0.39 is 0 Å². The molecule has 0 aromatic carbocycles. The number of fused-ring (bicyclic) bond motifs is 4. The predicted octanol–water partition coefficient (Wildman–Crippen LogP) is 3.68. The number of aromatic nitrogens is 2. The molecule has 2 saturated carbocycles. The fourth-order valence-corrected chi connectivity index (χ4v) is 6.95. The van der Waals surface area contributed by atoms with Crippen molar-refractivity contribution in [2.24, 2.45) is 20.0 Å². The first-order valence-corrected chi connectivity index (χ1v) is 15.3. The summed E-state index contributed by atoms with van der Waals surface area (Å²) < 4.78 is 4.48. The first kappa shape index (κ1) is 27.4. The zero-order chi connectivity index (χ0) is 28.3. The number of amidine groups is 2. The van der Waals surface area contributed by atoms with Gasteiger partial charge < -0.3 is 9.80 Å². The van der Waals surface area contributed by atoms with Crippen LogP contribution in [0.5, 0.6) is 0 Å². The first-order valence-electron chi connectivity index (χ1n) is 15.3. The van der Waals surface area contributed by atoms with Gasteiger partial charge in [-0.05, 0) is 38.2 Å². The van der Waals surface area contributed by atoms with Crippen molar-refractivity contribution < 1.29 is 4.57 Å². The average molecular weight is 552 g/mol. The van der Waals surface area contributed by atoms with Gasteiger partial charge in [-0.3, -0.25) is 9.98 Å². The maximum atomic E-state index is 5.24. The van der Waals surface area contributed by atoms with Crippen LogP contribution >= 0.6 is 0 Å². The molecule has 6 rings (SSSR count). The monoisotopic (exact) mass is 551 g/mol. The van der Waals surface area contributed by atoms with Gasteiger partial charge in [0.15, 0.2) is 11.7 Å². The quantitative estimate of drug-likeness (QED) is 0.329. The van der Waals surface area contributed by atoms with Crippen LogP contribution in [0.2, 0.25) is 0 Å². The fraction of sp³-hybridized carbons (Fsp3) is 0.485. The van der Waals surface area contributed by atoms with Gasteiger partial charge in [-0.2, -0.15) is 0 Å². The molecule has 0 radical (unpaired) electrons. The molecule has 1 aromatic rings. The molecule has 0 spiro atoms. The minimum absolute atomic E-state index is 0.276. The highest BCUT2D eigenvalue weighted by molar-refractivity contribution is 6.43. The van der Waals surface area contributed by atoms with Crippen LogP contribution in [-0.4, -0.2) is 63.3 Å². The van der Waals surface area contributed by atoms with Crippen molar-refractivity contribution in [1.29, 1.82) is 0 Å². The summed E-state index contributed by atoms with van der Waals surface area (Å²) in [6, 6.07) is 1.10. The van der Waals surface area contributed by atoms with Gasteiger partial charge in [0.25, 0.3) is 5.49 Å². The van der Waals surface area contributed by atoms with E-state index in [1.54, 1.807) is 0 Å². The Balaban J connectivity index is 1.43. The van der Waals surface area contributed by atoms with Crippen molar-refractivity contribution in [3.8, 4) is 0 Å². The SMILES string of the molecule is C=CCN1C(=CC=Cc2n(CC=C)c3c([n+]2CC=C)=NC2CCCCC2N=3)N(CC=C)C2=NC3CCCCC3N=C21. The number of aliphatic imine (C=N–C) groups is 2. The van der Waals surface area contributed by atoms with Gasteiger partial charge in [0.05, 0.1) is 31.2 Å². The van der Waals surface area contributed by atoms with Crippen LogP contribution in [0.4, 0.5) is 0 Å². The number of hydrogen-bond donors (Lipinski definition) is 0. The van der Waals surface area contributed by atoms with Gasteiger partial charge in [0.1, 0.15) is 11.9 Å². The third-order valence-electron chi connectivity index (χ3n) is 8.81. The number of imidazole rings is 1. The van der Waals surface area contributed by atoms with Crippen LogP contribution in [0, 0.1) is 0 Å². The molecule has 8 heteroatoms. The molecule has 214 valence electrons. The van der Waals surface area contributed by atoms with E-state index >= 15 is 0 Å². The third kappa shape index (κ3) is 4.98. The molecule has 4 heterocycles. The van der Waals surface area contributed by atoms with Gasteiger partial charge in [-0.1, -0.05) is 62.8 Å². The average Bonchev–Trinajstić information content (AvgIpc) is 3.42. The van der Waals surface area contributed by atoms with E-state index in [1.165, 1.54) is 25.7 Å². The molecule has 1 aromatic heterocycles. The Morgan fingerprint density at radius 3 is 1.76 bits per heavy atom. The highest BCUT2D eigenvalue weighted by atomic mass is 15.5. The lowest BCUT2D eigenvalue weighted by Gasteiger charge is -2.30. The van der Waals surface area contributed by atoms with Crippen molar-refractivity contribution in [3.05, 3.63) is 85.4 Å². The standard InChI is InChI=1S/C33H43N8/c1-5-20-38-28(39(21-6-2)31-30(38)34-24-14-9-10-15-25(24)35-31)18-13-19-29-40(22-7-3)32-33(41(29)23-8-4)37-27-17-12-11-16-26(27)36-32/h5-8,13,18-19,24-27H,1-4,9-12,14-17,20-23H2/q+1. The molecule has 0 N–H and O–H groups in total. The Morgan fingerprint density at radius 2 is 1.22 bits per heavy atom. The molecule has 41 heavy (non-hydrogen) atoms. The van der Waals surface area contributed by atoms with E-state index in [4.69, 9.17) is 20.0 Å². The molecule has 0 amide bonds. The lowest BCUT2D eigenvalue weighted by Crippen LogP contribution is -2.57. The van der Waals surface area contributed by atoms with Crippen LogP contribution in [0.15, 0.2) is 88.6 Å². The largest absolute Gasteiger partial charge is 0.317 e. The molecule has 5 aliphatic rings. The normalized spacial score (nSPS) is 26.5. The third-order valence-corrected chi connectivity index (χ3v) is 8.81. The first-order chi connectivity index (χ1) is 20.2. The van der Waals surface area contributed by atoms with Crippen LogP contribution in [0.3, 0.4) is 0 Å². The summed E-state index contributed by atoms with van der Waals surface area (Å²) in [6.45, 7) is 18.8. The molecular weight excluding hydrogens is 508 g/mol. The molecule has 1 saturated heterocycles. The van der Waals surface area contributed by atoms with Gasteiger partial charge in [-0.25, -0.2) is 14.1 Å². The topological polar surface area (TPSA) is 64.7 Å². The summed E-state index contributed by atoms with van der Waals surface area (Å²) in [7, 11) is 0. The summed E-state index contributed by atoms with van der Waals surface area (Å²) in [4.78, 5) is 25.4. The number of hydrogen-bond acceptors (Lipinski definition) is 6. The molecule has 4 atom stereocenters. The van der Waals surface area contributed by atoms with Crippen LogP contribution < -0.4 is 15.5 Å². The van der Waals surface area contributed by atoms with Gasteiger partial charge in [-0.15, -0.1) is 18.2 Å². The lowest BCUT2D eigenvalue weighted by molar-refractivity contribution is -0.704. The number of nitrogens with zero attached hydrogens (tertiary/aromatic N) is 8. The molecular formula is C33H43N8+. The van der Waals surface area contributed by atoms with Gasteiger partial charge in [0.2, 0.25) is 5.82 Å². The van der Waals surface area contributed by atoms with E-state index in [0.717, 1.165) is 60.0 Å². The number of allylic oxidation sites excluding steroid dienone is 4. The van der Waals surface area contributed by atoms with E-state index in [-0.39, 0.29) is 24.2 Å². The predicted molar refractivity (Wildman–Crippen MR) is 165 cm³/mol. The van der Waals surface area contributed by atoms with Gasteiger partial charge >= 0.3 is 5.49 Å². The Hall–Kier alpha value is -3.81. The summed E-state index contributed by atoms with van der Waals surface area (Å²) in [5.74, 6) is 4.00. The molecule has 2 aliphatic carbocycles. The van der Waals surface area contributed by atoms with Crippen LogP contribution in [0.1, 0.15) is 57.2 Å². The van der Waals surface area contributed by atoms with E-state index in [1.807, 2.05) is 24.3 Å². The fourth-order valence-electron chi connectivity index (χ4n) is 6.95. The van der Waals surface area contributed by atoms with Gasteiger partial charge in [0, 0.05) is 19.2 Å². The second-order valence-corrected chi connectivity index (χ2v) is 11.5. The zero-order valence-electron chi connectivity index (χ0n) is 24.2. The molecule has 0 bridgehead atoms. The molecule has 3 fully saturated rings. The Kier molecular flexibility index (Phi) is 7.99. The van der Waals surface area contributed by atoms with E-state index in [9.17, 15) is 0 Å². The number of rotatable bonds is 10. The summed E-state index contributed by atoms with van der Waals surface area (Å²) in [6.07, 6.45) is 23.5. The maximum absolute atomic E-state index is 5.24. The van der Waals surface area contributed by atoms with Crippen molar-refractivity contribution in [2.75, 3.05) is 13.1 Å². The highest BCUT2D eigenvalue weighted by Gasteiger charge is 2.41. The second-order valence-electron chi connectivity index (χ2n) is 11.5. The molecule has 4 unspecified atom stereocenters. The smallest absolute Gasteiger partial charge is 0.306 e. The van der Waals surface area contributed by atoms with Crippen LogP contribution in [0.25, 0.3) is 6.08 Å². The van der Waals surface area contributed by atoms with Crippen molar-refractivity contribution in [2.45, 2.75) is 88.6 Å². The molecule has 3 aliphatic heterocycles. The molecule has 8 nitrogen and oxygen atoms in total. The minimum Gasteiger partial charge on any atom is -0.306 e. The summed E-state index contributed by atoms with van der Waals surface area (Å²) in [5.41, 5.74) is 1.92. The van der Waals surface area contributed by atoms with Crippen molar-refractivity contribution >= 4 is 17.7 Å². The summed E-state index contributed by atoms with van der Waals surface area (Å²) >= 11 is 0. The van der Waals surface area contributed by atoms with Crippen LogP contribution in [-0.2, 0) is 13.1 Å². The van der Waals surface area contributed by atoms with E-state index in [2.05, 4.69) is 63.5 Å². The van der Waals surface area contributed by atoms with Crippen molar-refractivity contribution in [3.63, 3.8) is 0 Å². The lowest BCUT2D eigenvalue weighted by atomic mass is 9.90. The zero-order valence-corrected chi connectivity index (χ0v) is 24.2. The van der Waals surface area contributed by atoms with Crippen molar-refractivity contribution in [1.82, 2.24) is 14.4 Å². The summed E-state index contributed by atoms with van der Waals surface area (Å²) in [5, 5.41) is 0. The maximum Gasteiger partial charge on any atom is 0.317 e. The Bertz CT molecular complexity index is 1370.